The van der Waals surface area contributed by atoms with Crippen LogP contribution in [0.5, 0.6) is 0 Å². The first-order valence-corrected chi connectivity index (χ1v) is 15.4. The molecule has 4 rings (SSSR count). The number of ether oxygens (including phenoxy) is 1. The first kappa shape index (κ1) is 30.8. The van der Waals surface area contributed by atoms with Gasteiger partial charge in [-0.25, -0.2) is 0 Å². The monoisotopic (exact) mass is 635 g/mol. The highest BCUT2D eigenvalue weighted by Gasteiger charge is 2.76. The van der Waals surface area contributed by atoms with E-state index < -0.39 is 29.6 Å². The Morgan fingerprint density at radius 3 is 2.58 bits per heavy atom. The SMILES string of the molecule is C=CCN(CCC)C(=O)[C@H]1[C@H]2C(=O)N(CCCCCO)C(C(=O)N(CC=C)c3ccccc3Cl)C23CC(Br)[C@@H]1O3. The Morgan fingerprint density at radius 2 is 1.93 bits per heavy atom. The van der Waals surface area contributed by atoms with Crippen molar-refractivity contribution in [1.29, 1.82) is 0 Å². The van der Waals surface area contributed by atoms with Gasteiger partial charge in [-0.3, -0.25) is 14.4 Å². The molecule has 3 saturated heterocycles. The summed E-state index contributed by atoms with van der Waals surface area (Å²) in [7, 11) is 0. The van der Waals surface area contributed by atoms with Crippen LogP contribution in [0, 0.1) is 11.8 Å². The molecule has 3 aliphatic heterocycles. The predicted molar refractivity (Wildman–Crippen MR) is 159 cm³/mol. The van der Waals surface area contributed by atoms with E-state index in [2.05, 4.69) is 29.1 Å². The van der Waals surface area contributed by atoms with E-state index in [9.17, 15) is 19.5 Å². The number of carbonyl (C=O) groups excluding carboxylic acids is 3. The zero-order chi connectivity index (χ0) is 29.0. The van der Waals surface area contributed by atoms with Crippen molar-refractivity contribution in [2.24, 2.45) is 11.8 Å². The summed E-state index contributed by atoms with van der Waals surface area (Å²) in [4.78, 5) is 47.5. The zero-order valence-electron chi connectivity index (χ0n) is 23.0. The molecule has 3 unspecified atom stereocenters. The van der Waals surface area contributed by atoms with Crippen LogP contribution in [0.2, 0.25) is 5.02 Å². The second-order valence-corrected chi connectivity index (χ2v) is 12.3. The van der Waals surface area contributed by atoms with Gasteiger partial charge in [-0.2, -0.15) is 0 Å². The van der Waals surface area contributed by atoms with Crippen LogP contribution in [0.1, 0.15) is 39.0 Å². The van der Waals surface area contributed by atoms with Gasteiger partial charge >= 0.3 is 0 Å². The van der Waals surface area contributed by atoms with Crippen molar-refractivity contribution in [2.75, 3.05) is 37.7 Å². The van der Waals surface area contributed by atoms with Crippen molar-refractivity contribution in [3.8, 4) is 0 Å². The molecule has 3 amide bonds. The first-order chi connectivity index (χ1) is 19.3. The summed E-state index contributed by atoms with van der Waals surface area (Å²) in [5.41, 5.74) is -0.630. The number of unbranched alkanes of at least 4 members (excludes halogenated alkanes) is 2. The van der Waals surface area contributed by atoms with Crippen molar-refractivity contribution in [2.45, 2.75) is 61.6 Å². The minimum absolute atomic E-state index is 0.0612. The standard InChI is InChI=1S/C30H39BrClN3O5/c1-4-14-33(15-5-2)27(37)23-24-28(38)35(17-10-7-11-18-36)26(30(24)19-20(31)25(23)40-30)29(39)34(16-6-3)22-13-9-8-12-21(22)32/h4,6,8-9,12-13,20,23-26,36H,1,3,5,7,10-11,14-19H2,2H3/t20?,23-,24-,25-,26?,30?/m0/s1. The highest BCUT2D eigenvalue weighted by atomic mass is 79.9. The topological polar surface area (TPSA) is 90.4 Å². The lowest BCUT2D eigenvalue weighted by Crippen LogP contribution is -2.57. The number of alkyl halides is 1. The molecule has 8 nitrogen and oxygen atoms in total. The number of fused-ring (bicyclic) bond motifs is 1. The van der Waals surface area contributed by atoms with Crippen molar-refractivity contribution in [1.82, 2.24) is 9.80 Å². The van der Waals surface area contributed by atoms with Gasteiger partial charge in [0.1, 0.15) is 11.6 Å². The number of hydrogen-bond acceptors (Lipinski definition) is 5. The average molecular weight is 637 g/mol. The number of aliphatic hydroxyl groups excluding tert-OH is 1. The van der Waals surface area contributed by atoms with Gasteiger partial charge in [0.2, 0.25) is 11.8 Å². The molecule has 0 aliphatic carbocycles. The first-order valence-electron chi connectivity index (χ1n) is 14.1. The number of nitrogens with zero attached hydrogens (tertiary/aromatic N) is 3. The Labute approximate surface area is 250 Å². The Kier molecular flexibility index (Phi) is 10.1. The Morgan fingerprint density at radius 1 is 1.20 bits per heavy atom. The van der Waals surface area contributed by atoms with Gasteiger partial charge in [0.25, 0.3) is 5.91 Å². The van der Waals surface area contributed by atoms with Crippen molar-refractivity contribution < 1.29 is 24.2 Å². The van der Waals surface area contributed by atoms with Gasteiger partial charge in [0, 0.05) is 37.6 Å². The smallest absolute Gasteiger partial charge is 0.253 e. The molecule has 2 bridgehead atoms. The normalized spacial score (nSPS) is 28.4. The molecule has 0 radical (unpaired) electrons. The number of para-hydroxylation sites is 1. The van der Waals surface area contributed by atoms with Gasteiger partial charge < -0.3 is 24.5 Å². The van der Waals surface area contributed by atoms with Crippen molar-refractivity contribution in [3.63, 3.8) is 0 Å². The summed E-state index contributed by atoms with van der Waals surface area (Å²) < 4.78 is 6.66. The number of amides is 3. The van der Waals surface area contributed by atoms with Crippen LogP contribution in [0.25, 0.3) is 0 Å². The second-order valence-electron chi connectivity index (χ2n) is 10.7. The minimum atomic E-state index is -1.16. The fourth-order valence-corrected chi connectivity index (χ4v) is 7.87. The van der Waals surface area contributed by atoms with Crippen molar-refractivity contribution in [3.05, 3.63) is 54.6 Å². The van der Waals surface area contributed by atoms with Crippen LogP contribution in [0.4, 0.5) is 5.69 Å². The molecule has 3 fully saturated rings. The largest absolute Gasteiger partial charge is 0.396 e. The number of hydrogen-bond donors (Lipinski definition) is 1. The van der Waals surface area contributed by atoms with Gasteiger partial charge in [0.15, 0.2) is 0 Å². The number of likely N-dealkylation sites (tertiary alicyclic amines) is 1. The Balaban J connectivity index is 1.78. The fourth-order valence-electron chi connectivity index (χ4n) is 6.68. The maximum Gasteiger partial charge on any atom is 0.253 e. The molecule has 6 atom stereocenters. The molecule has 218 valence electrons. The Hall–Kier alpha value is -2.20. The van der Waals surface area contributed by atoms with E-state index in [1.54, 1.807) is 51.1 Å². The van der Waals surface area contributed by atoms with E-state index >= 15 is 0 Å². The number of aliphatic hydroxyl groups is 1. The fraction of sp³-hybridized carbons (Fsp3) is 0.567. The zero-order valence-corrected chi connectivity index (χ0v) is 25.4. The van der Waals surface area contributed by atoms with E-state index in [0.717, 1.165) is 6.42 Å². The predicted octanol–water partition coefficient (Wildman–Crippen LogP) is 4.19. The molecule has 1 aromatic carbocycles. The molecule has 0 saturated carbocycles. The van der Waals surface area contributed by atoms with Gasteiger partial charge in [-0.05, 0) is 44.2 Å². The summed E-state index contributed by atoms with van der Waals surface area (Å²) in [6.45, 7) is 11.2. The molecular weight excluding hydrogens is 598 g/mol. The maximum atomic E-state index is 14.6. The number of carbonyl (C=O) groups is 3. The van der Waals surface area contributed by atoms with Gasteiger partial charge in [-0.1, -0.05) is 58.7 Å². The maximum absolute atomic E-state index is 14.6. The van der Waals surface area contributed by atoms with Crippen LogP contribution in [-0.2, 0) is 19.1 Å². The molecule has 1 aromatic rings. The molecule has 40 heavy (non-hydrogen) atoms. The number of anilines is 1. The second kappa shape index (κ2) is 13.2. The summed E-state index contributed by atoms with van der Waals surface area (Å²) in [5.74, 6) is -2.15. The van der Waals surface area contributed by atoms with E-state index in [-0.39, 0.29) is 35.7 Å². The van der Waals surface area contributed by atoms with Crippen LogP contribution in [0.3, 0.4) is 0 Å². The molecule has 3 aliphatic rings. The van der Waals surface area contributed by atoms with Crippen LogP contribution >= 0.6 is 27.5 Å². The van der Waals surface area contributed by atoms with Crippen molar-refractivity contribution >= 4 is 50.9 Å². The third-order valence-corrected chi connectivity index (χ3v) is 9.41. The van der Waals surface area contributed by atoms with E-state index in [1.807, 2.05) is 6.92 Å². The number of benzene rings is 1. The van der Waals surface area contributed by atoms with Gasteiger partial charge in [-0.15, -0.1) is 13.2 Å². The summed E-state index contributed by atoms with van der Waals surface area (Å²) in [5, 5.41) is 9.69. The highest BCUT2D eigenvalue weighted by Crippen LogP contribution is 2.60. The molecule has 0 aromatic heterocycles. The highest BCUT2D eigenvalue weighted by molar-refractivity contribution is 9.09. The number of rotatable bonds is 14. The Bertz CT molecular complexity index is 1130. The van der Waals surface area contributed by atoms with E-state index in [4.69, 9.17) is 16.3 Å². The summed E-state index contributed by atoms with van der Waals surface area (Å²) >= 11 is 10.3. The molecule has 1 N–H and O–H groups in total. The molecule has 1 spiro atoms. The lowest BCUT2D eigenvalue weighted by Gasteiger charge is -2.37. The minimum Gasteiger partial charge on any atom is -0.396 e. The quantitative estimate of drug-likeness (QED) is 0.188. The molecule has 10 heteroatoms. The summed E-state index contributed by atoms with van der Waals surface area (Å²) in [6, 6.07) is 6.16. The molecular formula is C30H39BrClN3O5. The third-order valence-electron chi connectivity index (χ3n) is 8.24. The lowest BCUT2D eigenvalue weighted by molar-refractivity contribution is -0.145. The molecule has 3 heterocycles. The third kappa shape index (κ3) is 5.38. The summed E-state index contributed by atoms with van der Waals surface area (Å²) in [6.07, 6.45) is 5.92. The number of halogens is 2. The van der Waals surface area contributed by atoms with Crippen LogP contribution < -0.4 is 4.90 Å². The van der Waals surface area contributed by atoms with E-state index in [0.29, 0.717) is 56.0 Å². The average Bonchev–Trinajstić information content (AvgIpc) is 3.52. The van der Waals surface area contributed by atoms with Gasteiger partial charge in [0.05, 0.1) is 28.6 Å². The van der Waals surface area contributed by atoms with E-state index in [1.165, 1.54) is 0 Å². The lowest BCUT2D eigenvalue weighted by atomic mass is 9.70. The van der Waals surface area contributed by atoms with Crippen LogP contribution in [0.15, 0.2) is 49.6 Å². The van der Waals surface area contributed by atoms with Crippen LogP contribution in [-0.4, -0.2) is 88.0 Å².